The molecule has 1 atom stereocenters. The molecule has 0 saturated heterocycles. The lowest BCUT2D eigenvalue weighted by molar-refractivity contribution is -0.126. The Bertz CT molecular complexity index is 986. The molecule has 0 spiro atoms. The summed E-state index contributed by atoms with van der Waals surface area (Å²) in [6, 6.07) is 11.4. The Kier molecular flexibility index (Phi) is 6.39. The molecule has 0 unspecified atom stereocenters. The molecule has 3 aromatic rings. The molecule has 0 saturated carbocycles. The van der Waals surface area contributed by atoms with Crippen molar-refractivity contribution in [1.29, 1.82) is 0 Å². The van der Waals surface area contributed by atoms with E-state index in [4.69, 9.17) is 14.2 Å². The Morgan fingerprint density at radius 1 is 1.10 bits per heavy atom. The van der Waals surface area contributed by atoms with Gasteiger partial charge in [0.25, 0.3) is 0 Å². The molecule has 0 aliphatic heterocycles. The molecule has 0 aliphatic rings. The highest BCUT2D eigenvalue weighted by Crippen LogP contribution is 2.38. The number of rotatable bonds is 7. The van der Waals surface area contributed by atoms with Crippen LogP contribution in [0.15, 0.2) is 42.5 Å². The maximum Gasteiger partial charge on any atom is 0.246 e. The number of hydrogen-bond donors (Lipinski definition) is 0. The molecule has 1 aromatic heterocycles. The number of aromatic nitrogens is 1. The van der Waals surface area contributed by atoms with Crippen LogP contribution in [0.2, 0.25) is 0 Å². The van der Waals surface area contributed by atoms with Gasteiger partial charge in [-0.2, -0.15) is 0 Å². The van der Waals surface area contributed by atoms with Crippen LogP contribution >= 0.6 is 11.3 Å². The number of methoxy groups -OCH3 is 3. The number of carbonyl (C=O) groups is 1. The quantitative estimate of drug-likeness (QED) is 0.533. The van der Waals surface area contributed by atoms with Crippen LogP contribution < -0.4 is 14.2 Å². The largest absolute Gasteiger partial charge is 0.493 e. The minimum atomic E-state index is -0.135. The average molecular weight is 413 g/mol. The van der Waals surface area contributed by atoms with Crippen LogP contribution in [-0.4, -0.2) is 44.2 Å². The standard InChI is InChI=1S/C22H24N2O4S/c1-14(22-23-16-8-6-7-9-19(16)29-22)24(2)20(25)11-10-15-12-17(26-3)21(28-5)18(13-15)27-4/h6-14H,1-5H3/b11-10+/t14-/m0/s1. The Hall–Kier alpha value is -3.06. The molecule has 7 heteroatoms. The molecule has 3 rings (SSSR count). The van der Waals surface area contributed by atoms with Gasteiger partial charge in [0.05, 0.1) is 37.6 Å². The summed E-state index contributed by atoms with van der Waals surface area (Å²) >= 11 is 1.60. The number of amides is 1. The average Bonchev–Trinajstić information content (AvgIpc) is 3.19. The van der Waals surface area contributed by atoms with Gasteiger partial charge in [0, 0.05) is 13.1 Å². The van der Waals surface area contributed by atoms with E-state index in [1.807, 2.05) is 31.2 Å². The van der Waals surface area contributed by atoms with Gasteiger partial charge in [-0.05, 0) is 42.8 Å². The third-order valence-corrected chi connectivity index (χ3v) is 5.91. The van der Waals surface area contributed by atoms with Crippen molar-refractivity contribution >= 4 is 33.5 Å². The van der Waals surface area contributed by atoms with Crippen LogP contribution in [0.4, 0.5) is 0 Å². The minimum absolute atomic E-state index is 0.120. The molecule has 0 fully saturated rings. The van der Waals surface area contributed by atoms with Crippen molar-refractivity contribution in [3.8, 4) is 17.2 Å². The number of para-hydroxylation sites is 1. The van der Waals surface area contributed by atoms with E-state index in [9.17, 15) is 4.79 Å². The van der Waals surface area contributed by atoms with Gasteiger partial charge >= 0.3 is 0 Å². The molecule has 152 valence electrons. The third kappa shape index (κ3) is 4.35. The zero-order valence-electron chi connectivity index (χ0n) is 17.1. The monoisotopic (exact) mass is 412 g/mol. The maximum absolute atomic E-state index is 12.7. The van der Waals surface area contributed by atoms with E-state index in [-0.39, 0.29) is 11.9 Å². The first kappa shape index (κ1) is 20.7. The first-order valence-electron chi connectivity index (χ1n) is 9.08. The van der Waals surface area contributed by atoms with E-state index in [2.05, 4.69) is 4.98 Å². The number of thiazole rings is 1. The fraction of sp³-hybridized carbons (Fsp3) is 0.273. The van der Waals surface area contributed by atoms with Gasteiger partial charge in [0.2, 0.25) is 11.7 Å². The van der Waals surface area contributed by atoms with E-state index in [0.717, 1.165) is 20.8 Å². The summed E-state index contributed by atoms with van der Waals surface area (Å²) in [5, 5.41) is 0.906. The number of ether oxygens (including phenoxy) is 3. The SMILES string of the molecule is COc1cc(/C=C/C(=O)N(C)[C@@H](C)c2nc3ccccc3s2)cc(OC)c1OC. The molecule has 29 heavy (non-hydrogen) atoms. The molecular formula is C22H24N2O4S. The predicted molar refractivity (Wildman–Crippen MR) is 116 cm³/mol. The van der Waals surface area contributed by atoms with Crippen LogP contribution in [0, 0.1) is 0 Å². The summed E-state index contributed by atoms with van der Waals surface area (Å²) < 4.78 is 17.2. The fourth-order valence-electron chi connectivity index (χ4n) is 2.91. The highest BCUT2D eigenvalue weighted by Gasteiger charge is 2.19. The number of carbonyl (C=O) groups excluding carboxylic acids is 1. The number of benzene rings is 2. The Morgan fingerprint density at radius 3 is 2.34 bits per heavy atom. The smallest absolute Gasteiger partial charge is 0.246 e. The van der Waals surface area contributed by atoms with E-state index in [1.54, 1.807) is 62.8 Å². The first-order chi connectivity index (χ1) is 14.0. The molecule has 1 amide bonds. The van der Waals surface area contributed by atoms with Crippen LogP contribution in [0.3, 0.4) is 0 Å². The van der Waals surface area contributed by atoms with E-state index >= 15 is 0 Å². The fourth-order valence-corrected chi connectivity index (χ4v) is 3.97. The number of likely N-dealkylation sites (N-methyl/N-ethyl adjacent to an activating group) is 1. The summed E-state index contributed by atoms with van der Waals surface area (Å²) in [6.45, 7) is 1.98. The lowest BCUT2D eigenvalue weighted by Gasteiger charge is -2.21. The minimum Gasteiger partial charge on any atom is -0.493 e. The molecule has 0 bridgehead atoms. The molecule has 0 radical (unpaired) electrons. The topological polar surface area (TPSA) is 60.9 Å². The molecule has 0 N–H and O–H groups in total. The second kappa shape index (κ2) is 8.96. The molecule has 2 aromatic carbocycles. The van der Waals surface area contributed by atoms with Crippen molar-refractivity contribution in [3.63, 3.8) is 0 Å². The Labute approximate surface area is 174 Å². The zero-order valence-corrected chi connectivity index (χ0v) is 17.9. The van der Waals surface area contributed by atoms with Gasteiger partial charge in [0.15, 0.2) is 11.5 Å². The maximum atomic E-state index is 12.7. The van der Waals surface area contributed by atoms with Crippen LogP contribution in [0.1, 0.15) is 23.5 Å². The van der Waals surface area contributed by atoms with Gasteiger partial charge in [0.1, 0.15) is 5.01 Å². The van der Waals surface area contributed by atoms with Gasteiger partial charge in [-0.1, -0.05) is 12.1 Å². The molecule has 6 nitrogen and oxygen atoms in total. The van der Waals surface area contributed by atoms with Gasteiger partial charge in [-0.3, -0.25) is 4.79 Å². The van der Waals surface area contributed by atoms with Crippen molar-refractivity contribution in [1.82, 2.24) is 9.88 Å². The van der Waals surface area contributed by atoms with Crippen molar-refractivity contribution in [2.45, 2.75) is 13.0 Å². The second-order valence-corrected chi connectivity index (χ2v) is 7.50. The number of hydrogen-bond acceptors (Lipinski definition) is 6. The highest BCUT2D eigenvalue weighted by atomic mass is 32.1. The van der Waals surface area contributed by atoms with Crippen molar-refractivity contribution in [2.75, 3.05) is 28.4 Å². The normalized spacial score (nSPS) is 12.2. The summed E-state index contributed by atoms with van der Waals surface area (Å²) in [5.41, 5.74) is 1.72. The molecule has 1 heterocycles. The molecular weight excluding hydrogens is 388 g/mol. The van der Waals surface area contributed by atoms with E-state index < -0.39 is 0 Å². The van der Waals surface area contributed by atoms with Crippen LogP contribution in [0.5, 0.6) is 17.2 Å². The summed E-state index contributed by atoms with van der Waals surface area (Å²) in [6.07, 6.45) is 3.26. The Balaban J connectivity index is 1.79. The first-order valence-corrected chi connectivity index (χ1v) is 9.90. The van der Waals surface area contributed by atoms with Crippen molar-refractivity contribution in [2.24, 2.45) is 0 Å². The van der Waals surface area contributed by atoms with E-state index in [1.165, 1.54) is 6.08 Å². The molecule has 0 aliphatic carbocycles. The predicted octanol–water partition coefficient (Wildman–Crippen LogP) is 4.55. The van der Waals surface area contributed by atoms with E-state index in [0.29, 0.717) is 17.2 Å². The lowest BCUT2D eigenvalue weighted by Crippen LogP contribution is -2.27. The number of nitrogens with zero attached hydrogens (tertiary/aromatic N) is 2. The summed E-state index contributed by atoms with van der Waals surface area (Å²) in [7, 11) is 6.45. The van der Waals surface area contributed by atoms with Gasteiger partial charge in [-0.15, -0.1) is 11.3 Å². The third-order valence-electron chi connectivity index (χ3n) is 4.70. The zero-order chi connectivity index (χ0) is 21.0. The Morgan fingerprint density at radius 2 is 1.76 bits per heavy atom. The van der Waals surface area contributed by atoms with Crippen molar-refractivity contribution in [3.05, 3.63) is 53.0 Å². The number of fused-ring (bicyclic) bond motifs is 1. The highest BCUT2D eigenvalue weighted by molar-refractivity contribution is 7.18. The van der Waals surface area contributed by atoms with Crippen LogP contribution in [0.25, 0.3) is 16.3 Å². The van der Waals surface area contributed by atoms with Gasteiger partial charge in [-0.25, -0.2) is 4.98 Å². The van der Waals surface area contributed by atoms with Gasteiger partial charge < -0.3 is 19.1 Å². The summed E-state index contributed by atoms with van der Waals surface area (Å²) in [4.78, 5) is 19.0. The van der Waals surface area contributed by atoms with Crippen molar-refractivity contribution < 1.29 is 19.0 Å². The second-order valence-electron chi connectivity index (χ2n) is 6.44. The summed E-state index contributed by atoms with van der Waals surface area (Å²) in [5.74, 6) is 1.47. The lowest BCUT2D eigenvalue weighted by atomic mass is 10.1. The van der Waals surface area contributed by atoms with Crippen LogP contribution in [-0.2, 0) is 4.79 Å².